The molecule has 0 saturated carbocycles. The Hall–Kier alpha value is -4.31. The van der Waals surface area contributed by atoms with Crippen molar-refractivity contribution in [3.63, 3.8) is 0 Å². The van der Waals surface area contributed by atoms with Crippen molar-refractivity contribution in [3.05, 3.63) is 138 Å². The molecule has 4 aromatic carbocycles. The molecule has 0 bridgehead atoms. The van der Waals surface area contributed by atoms with Gasteiger partial charge in [-0.1, -0.05) is 97.1 Å². The van der Waals surface area contributed by atoms with E-state index in [-0.39, 0.29) is 11.9 Å². The van der Waals surface area contributed by atoms with E-state index in [0.717, 1.165) is 22.4 Å². The van der Waals surface area contributed by atoms with Crippen LogP contribution in [0.2, 0.25) is 0 Å². The highest BCUT2D eigenvalue weighted by Crippen LogP contribution is 2.31. The summed E-state index contributed by atoms with van der Waals surface area (Å²) in [7, 11) is 3.26. The van der Waals surface area contributed by atoms with Gasteiger partial charge in [-0.15, -0.1) is 0 Å². The van der Waals surface area contributed by atoms with Crippen LogP contribution in [-0.2, 0) is 0 Å². The van der Waals surface area contributed by atoms with Crippen molar-refractivity contribution in [1.29, 1.82) is 0 Å². The molecule has 0 N–H and O–H groups in total. The van der Waals surface area contributed by atoms with Crippen molar-refractivity contribution < 1.29 is 14.3 Å². The van der Waals surface area contributed by atoms with Gasteiger partial charge in [0.05, 0.1) is 20.3 Å². The summed E-state index contributed by atoms with van der Waals surface area (Å²) in [6, 6.07) is 35.1. The smallest absolute Gasteiger partial charge is 0.255 e. The molecule has 0 aliphatic carbocycles. The van der Waals surface area contributed by atoms with Crippen LogP contribution in [0, 0.1) is 0 Å². The number of nitrogens with zero attached hydrogens (tertiary/aromatic N) is 1. The zero-order valence-corrected chi connectivity index (χ0v) is 20.0. The van der Waals surface area contributed by atoms with Gasteiger partial charge in [0.15, 0.2) is 0 Å². The molecule has 0 aliphatic heterocycles. The van der Waals surface area contributed by atoms with Gasteiger partial charge in [-0.3, -0.25) is 4.79 Å². The quantitative estimate of drug-likeness (QED) is 0.279. The Morgan fingerprint density at radius 1 is 0.771 bits per heavy atom. The minimum atomic E-state index is -0.265. The van der Waals surface area contributed by atoms with Crippen LogP contribution in [0.4, 0.5) is 0 Å². The van der Waals surface area contributed by atoms with Gasteiger partial charge in [-0.05, 0) is 35.4 Å². The molecule has 1 amide bonds. The van der Waals surface area contributed by atoms with Gasteiger partial charge >= 0.3 is 0 Å². The number of carbonyl (C=O) groups excluding carboxylic acids is 1. The van der Waals surface area contributed by atoms with Crippen LogP contribution < -0.4 is 9.47 Å². The maximum Gasteiger partial charge on any atom is 0.255 e. The Morgan fingerprint density at radius 2 is 1.40 bits per heavy atom. The van der Waals surface area contributed by atoms with Gasteiger partial charge in [-0.25, -0.2) is 0 Å². The predicted octanol–water partition coefficient (Wildman–Crippen LogP) is 6.65. The van der Waals surface area contributed by atoms with E-state index in [1.807, 2.05) is 95.9 Å². The van der Waals surface area contributed by atoms with Crippen LogP contribution in [0.15, 0.2) is 115 Å². The third-order valence-corrected chi connectivity index (χ3v) is 5.86. The van der Waals surface area contributed by atoms with Gasteiger partial charge < -0.3 is 14.4 Å². The molecule has 0 saturated heterocycles. The second kappa shape index (κ2) is 11.7. The number of hydrogen-bond donors (Lipinski definition) is 0. The van der Waals surface area contributed by atoms with Crippen LogP contribution in [0.1, 0.15) is 33.1 Å². The van der Waals surface area contributed by atoms with Crippen LogP contribution in [0.25, 0.3) is 6.08 Å². The number of amides is 1. The molecule has 4 heteroatoms. The zero-order valence-electron chi connectivity index (χ0n) is 20.0. The molecule has 0 aromatic heterocycles. The number of rotatable bonds is 9. The number of carbonyl (C=O) groups is 1. The minimum Gasteiger partial charge on any atom is -0.497 e. The Labute approximate surface area is 207 Å². The number of para-hydroxylation sites is 1. The van der Waals surface area contributed by atoms with Gasteiger partial charge in [0, 0.05) is 17.7 Å². The number of methoxy groups -OCH3 is 2. The Kier molecular flexibility index (Phi) is 7.97. The fraction of sp³-hybridized carbons (Fsp3) is 0.129. The molecule has 0 aliphatic rings. The van der Waals surface area contributed by atoms with E-state index < -0.39 is 0 Å². The maximum atomic E-state index is 14.0. The standard InChI is InChI=1S/C31H29NO3/c1-34-28-20-11-18-27(23-28)31(33)32(22-12-19-24-13-9-10-21-29(24)35-2)30(25-14-5-3-6-15-25)26-16-7-4-8-17-26/h3-21,23,30H,22H2,1-2H3/b19-12-. The number of ether oxygens (including phenoxy) is 2. The van der Waals surface area contributed by atoms with E-state index in [9.17, 15) is 4.79 Å². The fourth-order valence-electron chi connectivity index (χ4n) is 4.15. The second-order valence-corrected chi connectivity index (χ2v) is 8.06. The first-order valence-corrected chi connectivity index (χ1v) is 11.6. The second-order valence-electron chi connectivity index (χ2n) is 8.06. The summed E-state index contributed by atoms with van der Waals surface area (Å²) in [5.41, 5.74) is 3.62. The Bertz CT molecular complexity index is 1230. The number of hydrogen-bond acceptors (Lipinski definition) is 3. The molecule has 0 atom stereocenters. The normalized spacial score (nSPS) is 10.9. The molecular formula is C31H29NO3. The van der Waals surface area contributed by atoms with E-state index in [0.29, 0.717) is 17.9 Å². The highest BCUT2D eigenvalue weighted by atomic mass is 16.5. The van der Waals surface area contributed by atoms with Crippen LogP contribution >= 0.6 is 0 Å². The fourth-order valence-corrected chi connectivity index (χ4v) is 4.15. The topological polar surface area (TPSA) is 38.8 Å². The zero-order chi connectivity index (χ0) is 24.5. The summed E-state index contributed by atoms with van der Waals surface area (Å²) in [4.78, 5) is 15.9. The van der Waals surface area contributed by atoms with Crippen molar-refractivity contribution in [3.8, 4) is 11.5 Å². The average molecular weight is 464 g/mol. The molecule has 0 fully saturated rings. The highest BCUT2D eigenvalue weighted by Gasteiger charge is 2.27. The van der Waals surface area contributed by atoms with Crippen molar-refractivity contribution >= 4 is 12.0 Å². The molecule has 4 aromatic rings. The summed E-state index contributed by atoms with van der Waals surface area (Å²) < 4.78 is 10.9. The van der Waals surface area contributed by atoms with Crippen LogP contribution in [0.5, 0.6) is 11.5 Å². The average Bonchev–Trinajstić information content (AvgIpc) is 2.93. The lowest BCUT2D eigenvalue weighted by atomic mass is 9.96. The molecule has 4 nitrogen and oxygen atoms in total. The SMILES string of the molecule is COc1cccc(C(=O)N(C/C=C\c2ccccc2OC)C(c2ccccc2)c2ccccc2)c1. The van der Waals surface area contributed by atoms with Crippen LogP contribution in [-0.4, -0.2) is 31.6 Å². The van der Waals surface area contributed by atoms with E-state index in [4.69, 9.17) is 9.47 Å². The predicted molar refractivity (Wildman–Crippen MR) is 141 cm³/mol. The Morgan fingerprint density at radius 3 is 2.03 bits per heavy atom. The molecule has 0 spiro atoms. The molecule has 0 heterocycles. The lowest BCUT2D eigenvalue weighted by Gasteiger charge is -2.32. The molecule has 176 valence electrons. The first-order valence-electron chi connectivity index (χ1n) is 11.6. The van der Waals surface area contributed by atoms with E-state index >= 15 is 0 Å². The van der Waals surface area contributed by atoms with Crippen molar-refractivity contribution in [1.82, 2.24) is 4.90 Å². The van der Waals surface area contributed by atoms with Crippen molar-refractivity contribution in [2.45, 2.75) is 6.04 Å². The first-order chi connectivity index (χ1) is 17.2. The summed E-state index contributed by atoms with van der Waals surface area (Å²) >= 11 is 0. The lowest BCUT2D eigenvalue weighted by Crippen LogP contribution is -2.36. The molecule has 35 heavy (non-hydrogen) atoms. The van der Waals surface area contributed by atoms with E-state index in [2.05, 4.69) is 24.3 Å². The van der Waals surface area contributed by atoms with Gasteiger partial charge in [0.1, 0.15) is 11.5 Å². The molecule has 0 unspecified atom stereocenters. The molecular weight excluding hydrogens is 434 g/mol. The van der Waals surface area contributed by atoms with Crippen molar-refractivity contribution in [2.75, 3.05) is 20.8 Å². The molecule has 4 rings (SSSR count). The summed E-state index contributed by atoms with van der Waals surface area (Å²) in [5.74, 6) is 1.36. The summed E-state index contributed by atoms with van der Waals surface area (Å²) in [5, 5.41) is 0. The van der Waals surface area contributed by atoms with Gasteiger partial charge in [-0.2, -0.15) is 0 Å². The third kappa shape index (κ3) is 5.79. The largest absolute Gasteiger partial charge is 0.497 e. The summed E-state index contributed by atoms with van der Waals surface area (Å²) in [6.07, 6.45) is 4.01. The lowest BCUT2D eigenvalue weighted by molar-refractivity contribution is 0.0729. The summed E-state index contributed by atoms with van der Waals surface area (Å²) in [6.45, 7) is 0.405. The van der Waals surface area contributed by atoms with Crippen molar-refractivity contribution in [2.24, 2.45) is 0 Å². The third-order valence-electron chi connectivity index (χ3n) is 5.86. The first kappa shape index (κ1) is 23.8. The highest BCUT2D eigenvalue weighted by molar-refractivity contribution is 5.95. The van der Waals surface area contributed by atoms with Crippen LogP contribution in [0.3, 0.4) is 0 Å². The monoisotopic (exact) mass is 463 g/mol. The van der Waals surface area contributed by atoms with E-state index in [1.165, 1.54) is 0 Å². The maximum absolute atomic E-state index is 14.0. The van der Waals surface area contributed by atoms with E-state index in [1.54, 1.807) is 20.3 Å². The molecule has 0 radical (unpaired) electrons. The minimum absolute atomic E-state index is 0.0775. The number of benzene rings is 4. The Balaban J connectivity index is 1.77. The van der Waals surface area contributed by atoms with Gasteiger partial charge in [0.2, 0.25) is 0 Å². The van der Waals surface area contributed by atoms with Gasteiger partial charge in [0.25, 0.3) is 5.91 Å².